The third kappa shape index (κ3) is 6.15. The number of sulfone groups is 1. The van der Waals surface area contributed by atoms with Gasteiger partial charge in [-0.1, -0.05) is 20.8 Å². The summed E-state index contributed by atoms with van der Waals surface area (Å²) >= 11 is 0. The Morgan fingerprint density at radius 3 is 2.48 bits per heavy atom. The van der Waals surface area contributed by atoms with Crippen LogP contribution in [0.15, 0.2) is 17.6 Å². The van der Waals surface area contributed by atoms with E-state index in [1.165, 1.54) is 0 Å². The molecule has 8 nitrogen and oxygen atoms in total. The molecule has 0 fully saturated rings. The zero-order valence-electron chi connectivity index (χ0n) is 17.1. The fraction of sp³-hybridized carbons (Fsp3) is 0.667. The van der Waals surface area contributed by atoms with Crippen LogP contribution in [0.4, 0.5) is 0 Å². The highest BCUT2D eigenvalue weighted by atomic mass is 32.2. The van der Waals surface area contributed by atoms with Crippen molar-refractivity contribution in [2.75, 3.05) is 26.5 Å². The average molecular weight is 398 g/mol. The number of rotatable bonds is 9. The lowest BCUT2D eigenvalue weighted by Crippen LogP contribution is -2.26. The zero-order valence-corrected chi connectivity index (χ0v) is 17.9. The molecule has 0 saturated carbocycles. The lowest BCUT2D eigenvalue weighted by molar-refractivity contribution is 0.181. The molecule has 0 spiro atoms. The maximum absolute atomic E-state index is 12.9. The number of hydrogen-bond acceptors (Lipinski definition) is 6. The number of aromatic amines is 1. The number of nitrogens with one attached hydrogen (secondary N) is 1. The summed E-state index contributed by atoms with van der Waals surface area (Å²) in [7, 11) is 0.0793. The minimum absolute atomic E-state index is 0.0466. The van der Waals surface area contributed by atoms with Crippen LogP contribution in [0.25, 0.3) is 0 Å². The predicted molar refractivity (Wildman–Crippen MR) is 104 cm³/mol. The summed E-state index contributed by atoms with van der Waals surface area (Å²) < 4.78 is 32.7. The average Bonchev–Trinajstić information content (AvgIpc) is 3.09. The second kappa shape index (κ2) is 8.53. The van der Waals surface area contributed by atoms with Gasteiger partial charge < -0.3 is 14.3 Å². The molecule has 27 heavy (non-hydrogen) atoms. The first kappa shape index (κ1) is 21.6. The molecule has 0 unspecified atom stereocenters. The van der Waals surface area contributed by atoms with Crippen molar-refractivity contribution < 1.29 is 13.2 Å². The Bertz CT molecular complexity index is 849. The monoisotopic (exact) mass is 397 g/mol. The molecule has 0 amide bonds. The lowest BCUT2D eigenvalue weighted by Gasteiger charge is -2.20. The summed E-state index contributed by atoms with van der Waals surface area (Å²) in [5.41, 5.74) is 1.51. The van der Waals surface area contributed by atoms with Gasteiger partial charge in [0, 0.05) is 32.1 Å². The van der Waals surface area contributed by atoms with E-state index in [4.69, 9.17) is 4.74 Å². The molecular weight excluding hydrogens is 366 g/mol. The maximum atomic E-state index is 12.9. The summed E-state index contributed by atoms with van der Waals surface area (Å²) in [5.74, 6) is 0.920. The number of methoxy groups -OCH3 is 1. The van der Waals surface area contributed by atoms with E-state index in [-0.39, 0.29) is 16.3 Å². The highest BCUT2D eigenvalue weighted by molar-refractivity contribution is 7.91. The molecule has 0 bridgehead atoms. The normalized spacial score (nSPS) is 12.9. The zero-order chi connectivity index (χ0) is 20.2. The Labute approximate surface area is 161 Å². The van der Waals surface area contributed by atoms with E-state index < -0.39 is 9.84 Å². The maximum Gasteiger partial charge on any atom is 0.227 e. The molecule has 152 valence electrons. The molecule has 2 rings (SSSR count). The van der Waals surface area contributed by atoms with E-state index in [0.717, 1.165) is 17.2 Å². The SMILES string of the molecule is COCCn1c(CN(C)Cc2ncc(C)[nH]2)cnc1S(=O)(=O)CC(C)(C)C. The predicted octanol–water partition coefficient (Wildman–Crippen LogP) is 2.01. The minimum atomic E-state index is -3.49. The van der Waals surface area contributed by atoms with Crippen molar-refractivity contribution in [3.8, 4) is 0 Å². The smallest absolute Gasteiger partial charge is 0.227 e. The first-order chi connectivity index (χ1) is 12.5. The van der Waals surface area contributed by atoms with Gasteiger partial charge >= 0.3 is 0 Å². The van der Waals surface area contributed by atoms with Crippen molar-refractivity contribution in [2.24, 2.45) is 5.41 Å². The molecule has 9 heteroatoms. The van der Waals surface area contributed by atoms with Crippen LogP contribution in [0.2, 0.25) is 0 Å². The fourth-order valence-electron chi connectivity index (χ4n) is 2.96. The van der Waals surface area contributed by atoms with Crippen LogP contribution >= 0.6 is 0 Å². The first-order valence-corrected chi connectivity index (χ1v) is 10.6. The molecule has 2 aromatic heterocycles. The van der Waals surface area contributed by atoms with E-state index in [0.29, 0.717) is 26.2 Å². The molecule has 2 aromatic rings. The van der Waals surface area contributed by atoms with Gasteiger partial charge in [0.1, 0.15) is 5.82 Å². The molecule has 0 aliphatic rings. The standard InChI is InChI=1S/C18H31N5O3S/c1-14-9-19-16(21-14)12-22(5)11-15-10-20-17(23(15)7-8-26-6)27(24,25)13-18(2,3)4/h9-10H,7-8,11-13H2,1-6H3,(H,19,21). The van der Waals surface area contributed by atoms with Gasteiger partial charge in [0.2, 0.25) is 15.0 Å². The molecule has 0 saturated heterocycles. The van der Waals surface area contributed by atoms with Gasteiger partial charge in [-0.15, -0.1) is 0 Å². The van der Waals surface area contributed by atoms with E-state index in [1.54, 1.807) is 24.1 Å². The van der Waals surface area contributed by atoms with Gasteiger partial charge in [0.05, 0.1) is 30.8 Å². The van der Waals surface area contributed by atoms with Gasteiger partial charge in [-0.3, -0.25) is 4.90 Å². The molecule has 0 aliphatic carbocycles. The summed E-state index contributed by atoms with van der Waals surface area (Å²) in [6.45, 7) is 9.74. The van der Waals surface area contributed by atoms with Crippen molar-refractivity contribution in [3.63, 3.8) is 0 Å². The van der Waals surface area contributed by atoms with E-state index in [9.17, 15) is 8.42 Å². The fourth-order valence-corrected chi connectivity index (χ4v) is 4.98. The van der Waals surface area contributed by atoms with Gasteiger partial charge in [0.25, 0.3) is 0 Å². The van der Waals surface area contributed by atoms with Crippen LogP contribution < -0.4 is 0 Å². The van der Waals surface area contributed by atoms with Crippen molar-refractivity contribution in [1.29, 1.82) is 0 Å². The van der Waals surface area contributed by atoms with Crippen molar-refractivity contribution in [1.82, 2.24) is 24.4 Å². The Hall–Kier alpha value is -1.71. The first-order valence-electron chi connectivity index (χ1n) is 8.97. The van der Waals surface area contributed by atoms with Crippen molar-refractivity contribution >= 4 is 9.84 Å². The third-order valence-corrected chi connectivity index (χ3v) is 6.06. The second-order valence-electron chi connectivity index (χ2n) is 8.18. The molecular formula is C18H31N5O3S. The number of hydrogen-bond donors (Lipinski definition) is 1. The lowest BCUT2D eigenvalue weighted by atomic mass is 10.0. The summed E-state index contributed by atoms with van der Waals surface area (Å²) in [5, 5.41) is 0.117. The van der Waals surface area contributed by atoms with Crippen molar-refractivity contribution in [3.05, 3.63) is 29.6 Å². The number of ether oxygens (including phenoxy) is 1. The van der Waals surface area contributed by atoms with Crippen LogP contribution in [0.5, 0.6) is 0 Å². The van der Waals surface area contributed by atoms with E-state index >= 15 is 0 Å². The molecule has 0 aromatic carbocycles. The second-order valence-corrected chi connectivity index (χ2v) is 10.1. The Kier molecular flexibility index (Phi) is 6.82. The molecule has 0 aliphatic heterocycles. The summed E-state index contributed by atoms with van der Waals surface area (Å²) in [4.78, 5) is 13.9. The van der Waals surface area contributed by atoms with Gasteiger partial charge in [-0.25, -0.2) is 18.4 Å². The van der Waals surface area contributed by atoms with Gasteiger partial charge in [0.15, 0.2) is 0 Å². The number of H-pyrrole nitrogens is 1. The summed E-state index contributed by atoms with van der Waals surface area (Å²) in [6.07, 6.45) is 3.44. The van der Waals surface area contributed by atoms with Crippen LogP contribution in [-0.2, 0) is 34.2 Å². The molecule has 2 heterocycles. The molecule has 0 atom stereocenters. The number of imidazole rings is 2. The van der Waals surface area contributed by atoms with Gasteiger partial charge in [-0.05, 0) is 19.4 Å². The molecule has 1 N–H and O–H groups in total. The van der Waals surface area contributed by atoms with Crippen LogP contribution in [0, 0.1) is 12.3 Å². The number of nitrogens with zero attached hydrogens (tertiary/aromatic N) is 4. The van der Waals surface area contributed by atoms with E-state index in [2.05, 4.69) is 19.9 Å². The van der Waals surface area contributed by atoms with Crippen molar-refractivity contribution in [2.45, 2.75) is 52.5 Å². The number of aryl methyl sites for hydroxylation is 1. The largest absolute Gasteiger partial charge is 0.383 e. The van der Waals surface area contributed by atoms with Crippen LogP contribution in [-0.4, -0.2) is 59.4 Å². The van der Waals surface area contributed by atoms with Crippen LogP contribution in [0.1, 0.15) is 38.0 Å². The summed E-state index contributed by atoms with van der Waals surface area (Å²) in [6, 6.07) is 0. The highest BCUT2D eigenvalue weighted by Crippen LogP contribution is 2.23. The number of aromatic nitrogens is 4. The minimum Gasteiger partial charge on any atom is -0.383 e. The Morgan fingerprint density at radius 1 is 1.22 bits per heavy atom. The Morgan fingerprint density at radius 2 is 1.93 bits per heavy atom. The van der Waals surface area contributed by atoms with Crippen LogP contribution in [0.3, 0.4) is 0 Å². The van der Waals surface area contributed by atoms with E-state index in [1.807, 2.05) is 34.7 Å². The quantitative estimate of drug-likeness (QED) is 0.696. The highest BCUT2D eigenvalue weighted by Gasteiger charge is 2.29. The Balaban J connectivity index is 2.24. The molecule has 0 radical (unpaired) electrons. The topological polar surface area (TPSA) is 93.1 Å². The third-order valence-electron chi connectivity index (χ3n) is 3.93. The van der Waals surface area contributed by atoms with Gasteiger partial charge in [-0.2, -0.15) is 0 Å².